The summed E-state index contributed by atoms with van der Waals surface area (Å²) < 4.78 is 1.11. The van der Waals surface area contributed by atoms with Gasteiger partial charge in [-0.2, -0.15) is 0 Å². The lowest BCUT2D eigenvalue weighted by atomic mass is 10.1. The standard InChI is InChI=1S/C14H16BrNS/c1-9-4-5-12(15)13(8-9)16-11(3)14-10(2)6-7-17-14/h4-8,11,16H,1-3H3. The number of hydrogen-bond donors (Lipinski definition) is 1. The normalized spacial score (nSPS) is 12.5. The van der Waals surface area contributed by atoms with E-state index in [0.29, 0.717) is 6.04 Å². The molecule has 0 fully saturated rings. The van der Waals surface area contributed by atoms with Crippen molar-refractivity contribution in [1.29, 1.82) is 0 Å². The maximum absolute atomic E-state index is 3.58. The van der Waals surface area contributed by atoms with Crippen LogP contribution in [-0.2, 0) is 0 Å². The van der Waals surface area contributed by atoms with Crippen LogP contribution in [0.4, 0.5) is 5.69 Å². The average Bonchev–Trinajstić information content (AvgIpc) is 2.70. The van der Waals surface area contributed by atoms with Crippen LogP contribution in [0.25, 0.3) is 0 Å². The molecule has 1 aromatic heterocycles. The van der Waals surface area contributed by atoms with Crippen LogP contribution >= 0.6 is 27.3 Å². The highest BCUT2D eigenvalue weighted by molar-refractivity contribution is 9.10. The van der Waals surface area contributed by atoms with E-state index >= 15 is 0 Å². The molecule has 2 rings (SSSR count). The van der Waals surface area contributed by atoms with Crippen LogP contribution in [0.2, 0.25) is 0 Å². The van der Waals surface area contributed by atoms with Crippen LogP contribution < -0.4 is 5.32 Å². The van der Waals surface area contributed by atoms with Gasteiger partial charge in [-0.05, 0) is 71.4 Å². The van der Waals surface area contributed by atoms with Gasteiger partial charge in [0.2, 0.25) is 0 Å². The largest absolute Gasteiger partial charge is 0.377 e. The topological polar surface area (TPSA) is 12.0 Å². The minimum Gasteiger partial charge on any atom is -0.377 e. The van der Waals surface area contributed by atoms with Crippen LogP contribution in [0, 0.1) is 13.8 Å². The van der Waals surface area contributed by atoms with Crippen LogP contribution in [-0.4, -0.2) is 0 Å². The van der Waals surface area contributed by atoms with E-state index < -0.39 is 0 Å². The van der Waals surface area contributed by atoms with E-state index in [4.69, 9.17) is 0 Å². The third-order valence-corrected chi connectivity index (χ3v) is 4.68. The predicted octanol–water partition coefficient (Wildman–Crippen LogP) is 5.30. The summed E-state index contributed by atoms with van der Waals surface area (Å²) >= 11 is 5.39. The Kier molecular flexibility index (Phi) is 3.89. The van der Waals surface area contributed by atoms with Crippen molar-refractivity contribution in [2.75, 3.05) is 5.32 Å². The first-order chi connectivity index (χ1) is 8.08. The second-order valence-electron chi connectivity index (χ2n) is 4.32. The molecular formula is C14H16BrNS. The molecule has 0 aliphatic rings. The van der Waals surface area contributed by atoms with Crippen molar-refractivity contribution in [1.82, 2.24) is 0 Å². The van der Waals surface area contributed by atoms with Gasteiger partial charge in [-0.25, -0.2) is 0 Å². The maximum atomic E-state index is 3.58. The highest BCUT2D eigenvalue weighted by Crippen LogP contribution is 2.30. The third-order valence-electron chi connectivity index (χ3n) is 2.79. The summed E-state index contributed by atoms with van der Waals surface area (Å²) in [6.07, 6.45) is 0. The molecule has 0 saturated carbocycles. The quantitative estimate of drug-likeness (QED) is 0.811. The Morgan fingerprint density at radius 3 is 2.65 bits per heavy atom. The van der Waals surface area contributed by atoms with E-state index in [2.05, 4.69) is 71.7 Å². The van der Waals surface area contributed by atoms with Crippen LogP contribution in [0.1, 0.15) is 29.0 Å². The Bertz CT molecular complexity index is 519. The molecule has 1 heterocycles. The average molecular weight is 310 g/mol. The zero-order chi connectivity index (χ0) is 12.4. The molecule has 0 aliphatic heterocycles. The molecule has 0 spiro atoms. The Hall–Kier alpha value is -0.800. The summed E-state index contributed by atoms with van der Waals surface area (Å²) in [7, 11) is 0. The molecule has 0 radical (unpaired) electrons. The van der Waals surface area contributed by atoms with Crippen molar-refractivity contribution >= 4 is 33.0 Å². The van der Waals surface area contributed by atoms with Crippen molar-refractivity contribution in [2.45, 2.75) is 26.8 Å². The fraction of sp³-hybridized carbons (Fsp3) is 0.286. The molecular weight excluding hydrogens is 294 g/mol. The summed E-state index contributed by atoms with van der Waals surface area (Å²) in [4.78, 5) is 1.40. The van der Waals surface area contributed by atoms with Gasteiger partial charge < -0.3 is 5.32 Å². The van der Waals surface area contributed by atoms with Crippen molar-refractivity contribution in [3.63, 3.8) is 0 Å². The Balaban J connectivity index is 2.21. The first-order valence-electron chi connectivity index (χ1n) is 5.64. The van der Waals surface area contributed by atoms with Gasteiger partial charge in [0.1, 0.15) is 0 Å². The van der Waals surface area contributed by atoms with Gasteiger partial charge in [0, 0.05) is 15.0 Å². The monoisotopic (exact) mass is 309 g/mol. The smallest absolute Gasteiger partial charge is 0.0581 e. The number of benzene rings is 1. The van der Waals surface area contributed by atoms with Gasteiger partial charge in [-0.1, -0.05) is 6.07 Å². The van der Waals surface area contributed by atoms with Gasteiger partial charge in [0.25, 0.3) is 0 Å². The summed E-state index contributed by atoms with van der Waals surface area (Å²) in [6.45, 7) is 6.47. The lowest BCUT2D eigenvalue weighted by Gasteiger charge is -2.16. The minimum absolute atomic E-state index is 0.341. The lowest BCUT2D eigenvalue weighted by molar-refractivity contribution is 0.897. The summed E-state index contributed by atoms with van der Waals surface area (Å²) in [5.41, 5.74) is 3.79. The van der Waals surface area contributed by atoms with E-state index in [0.717, 1.165) is 10.2 Å². The molecule has 0 aliphatic carbocycles. The van der Waals surface area contributed by atoms with Crippen LogP contribution in [0.15, 0.2) is 34.1 Å². The van der Waals surface area contributed by atoms with Gasteiger partial charge in [0.15, 0.2) is 0 Å². The summed E-state index contributed by atoms with van der Waals surface area (Å²) in [5.74, 6) is 0. The highest BCUT2D eigenvalue weighted by atomic mass is 79.9. The molecule has 2 aromatic rings. The summed E-state index contributed by atoms with van der Waals surface area (Å²) in [5, 5.41) is 5.70. The second kappa shape index (κ2) is 5.23. The number of aryl methyl sites for hydroxylation is 2. The van der Waals surface area contributed by atoms with Gasteiger partial charge in [0.05, 0.1) is 6.04 Å². The van der Waals surface area contributed by atoms with Gasteiger partial charge in [-0.3, -0.25) is 0 Å². The third kappa shape index (κ3) is 2.90. The van der Waals surface area contributed by atoms with E-state index in [1.807, 2.05) is 11.3 Å². The van der Waals surface area contributed by atoms with Crippen molar-refractivity contribution < 1.29 is 0 Å². The van der Waals surface area contributed by atoms with Crippen molar-refractivity contribution in [3.8, 4) is 0 Å². The van der Waals surface area contributed by atoms with E-state index in [1.54, 1.807) is 0 Å². The number of thiophene rings is 1. The minimum atomic E-state index is 0.341. The zero-order valence-electron chi connectivity index (χ0n) is 10.3. The first kappa shape index (κ1) is 12.7. The van der Waals surface area contributed by atoms with Crippen molar-refractivity contribution in [3.05, 3.63) is 50.1 Å². The Labute approximate surface area is 115 Å². The lowest BCUT2D eigenvalue weighted by Crippen LogP contribution is -2.06. The maximum Gasteiger partial charge on any atom is 0.0581 e. The highest BCUT2D eigenvalue weighted by Gasteiger charge is 2.11. The Morgan fingerprint density at radius 2 is 2.00 bits per heavy atom. The number of halogens is 1. The van der Waals surface area contributed by atoms with Gasteiger partial charge >= 0.3 is 0 Å². The number of anilines is 1. The molecule has 1 nitrogen and oxygen atoms in total. The molecule has 90 valence electrons. The SMILES string of the molecule is Cc1ccc(Br)c(NC(C)c2sccc2C)c1. The fourth-order valence-corrected chi connectivity index (χ4v) is 3.17. The molecule has 1 unspecified atom stereocenters. The first-order valence-corrected chi connectivity index (χ1v) is 7.32. The Morgan fingerprint density at radius 1 is 1.24 bits per heavy atom. The molecule has 1 aromatic carbocycles. The molecule has 1 atom stereocenters. The fourth-order valence-electron chi connectivity index (χ4n) is 1.88. The van der Waals surface area contributed by atoms with E-state index in [9.17, 15) is 0 Å². The number of nitrogens with one attached hydrogen (secondary N) is 1. The molecule has 0 saturated heterocycles. The number of hydrogen-bond acceptors (Lipinski definition) is 2. The van der Waals surface area contributed by atoms with E-state index in [-0.39, 0.29) is 0 Å². The van der Waals surface area contributed by atoms with Gasteiger partial charge in [-0.15, -0.1) is 11.3 Å². The second-order valence-corrected chi connectivity index (χ2v) is 6.12. The summed E-state index contributed by atoms with van der Waals surface area (Å²) in [6, 6.07) is 8.88. The van der Waals surface area contributed by atoms with Crippen LogP contribution in [0.5, 0.6) is 0 Å². The van der Waals surface area contributed by atoms with Crippen molar-refractivity contribution in [2.24, 2.45) is 0 Å². The molecule has 0 bridgehead atoms. The van der Waals surface area contributed by atoms with Crippen LogP contribution in [0.3, 0.4) is 0 Å². The van der Waals surface area contributed by atoms with E-state index in [1.165, 1.54) is 16.0 Å². The molecule has 0 amide bonds. The molecule has 3 heteroatoms. The predicted molar refractivity (Wildman–Crippen MR) is 80.0 cm³/mol. The zero-order valence-corrected chi connectivity index (χ0v) is 12.7. The molecule has 17 heavy (non-hydrogen) atoms. The molecule has 1 N–H and O–H groups in total. The number of rotatable bonds is 3.